The zero-order valence-corrected chi connectivity index (χ0v) is 6.90. The Morgan fingerprint density at radius 1 is 1.77 bits per heavy atom. The first-order chi connectivity index (χ1) is 6.09. The predicted molar refractivity (Wildman–Crippen MR) is 43.0 cm³/mol. The normalized spacial score (nSPS) is 17.9. The van der Waals surface area contributed by atoms with Crippen LogP contribution in [0, 0.1) is 0 Å². The first-order valence-corrected chi connectivity index (χ1v) is 3.83. The number of aliphatic carboxylic acids is 1. The first-order valence-electron chi connectivity index (χ1n) is 3.83. The molecule has 0 saturated heterocycles. The van der Waals surface area contributed by atoms with Gasteiger partial charge in [0.2, 0.25) is 0 Å². The van der Waals surface area contributed by atoms with Crippen molar-refractivity contribution in [3.8, 4) is 0 Å². The molecule has 0 radical (unpaired) electrons. The van der Waals surface area contributed by atoms with Gasteiger partial charge in [-0.05, 0) is 12.8 Å². The third-order valence-corrected chi connectivity index (χ3v) is 1.69. The summed E-state index contributed by atoms with van der Waals surface area (Å²) in [5.74, 6) is -1.45. The predicted octanol–water partition coefficient (Wildman–Crippen LogP) is -0.519. The summed E-state index contributed by atoms with van der Waals surface area (Å²) in [5, 5.41) is 11.9. The molecular formula is C7H10N2O4. The second-order valence-corrected chi connectivity index (χ2v) is 2.78. The van der Waals surface area contributed by atoms with E-state index in [0.29, 0.717) is 12.1 Å². The van der Waals surface area contributed by atoms with Gasteiger partial charge >= 0.3 is 11.9 Å². The lowest BCUT2D eigenvalue weighted by Gasteiger charge is -2.03. The molecule has 1 aliphatic rings. The van der Waals surface area contributed by atoms with Gasteiger partial charge in [-0.2, -0.15) is 0 Å². The zero-order chi connectivity index (χ0) is 9.84. The lowest BCUT2D eigenvalue weighted by atomic mass is 10.1. The Morgan fingerprint density at radius 3 is 2.92 bits per heavy atom. The number of rotatable bonds is 4. The monoisotopic (exact) mass is 186 g/mol. The molecule has 1 heterocycles. The number of carbonyl (C=O) groups excluding carboxylic acids is 1. The number of hydrogen-bond acceptors (Lipinski definition) is 5. The number of carbonyl (C=O) groups is 2. The molecule has 0 amide bonds. The Morgan fingerprint density at radius 2 is 2.46 bits per heavy atom. The van der Waals surface area contributed by atoms with Crippen LogP contribution in [0.5, 0.6) is 0 Å². The number of oxime groups is 1. The molecular weight excluding hydrogens is 176 g/mol. The van der Waals surface area contributed by atoms with Crippen LogP contribution in [0.4, 0.5) is 0 Å². The third kappa shape index (κ3) is 2.83. The molecule has 6 heteroatoms. The number of nitrogens with two attached hydrogens (primary N) is 1. The highest BCUT2D eigenvalue weighted by Crippen LogP contribution is 2.08. The Kier molecular flexibility index (Phi) is 2.97. The zero-order valence-electron chi connectivity index (χ0n) is 6.90. The van der Waals surface area contributed by atoms with Gasteiger partial charge in [-0.1, -0.05) is 5.16 Å². The lowest BCUT2D eigenvalue weighted by molar-refractivity contribution is -0.140. The maximum absolute atomic E-state index is 10.5. The van der Waals surface area contributed by atoms with Gasteiger partial charge in [-0.3, -0.25) is 4.79 Å². The molecule has 72 valence electrons. The van der Waals surface area contributed by atoms with E-state index >= 15 is 0 Å². The van der Waals surface area contributed by atoms with E-state index in [2.05, 4.69) is 9.99 Å². The van der Waals surface area contributed by atoms with Crippen LogP contribution >= 0.6 is 0 Å². The Bertz CT molecular complexity index is 261. The number of carboxylic acid groups (broad SMARTS) is 1. The van der Waals surface area contributed by atoms with Gasteiger partial charge in [-0.25, -0.2) is 4.79 Å². The maximum Gasteiger partial charge on any atom is 0.340 e. The number of carboxylic acids is 1. The summed E-state index contributed by atoms with van der Waals surface area (Å²) in [6.07, 6.45) is 0.802. The Balaban J connectivity index is 2.27. The third-order valence-electron chi connectivity index (χ3n) is 1.69. The van der Waals surface area contributed by atoms with Gasteiger partial charge < -0.3 is 15.7 Å². The van der Waals surface area contributed by atoms with Gasteiger partial charge in [0.05, 0.1) is 12.1 Å². The van der Waals surface area contributed by atoms with E-state index in [9.17, 15) is 9.59 Å². The summed E-state index contributed by atoms with van der Waals surface area (Å²) in [6.45, 7) is 0. The SMILES string of the molecule is NC(CCC1=NOC(=O)C1)C(=O)O. The van der Waals surface area contributed by atoms with Crippen molar-refractivity contribution in [1.29, 1.82) is 0 Å². The highest BCUT2D eigenvalue weighted by Gasteiger charge is 2.19. The smallest absolute Gasteiger partial charge is 0.340 e. The summed E-state index contributed by atoms with van der Waals surface area (Å²) in [5.41, 5.74) is 5.81. The Labute approximate surface area is 74.3 Å². The fourth-order valence-electron chi connectivity index (χ4n) is 0.926. The average Bonchev–Trinajstić information content (AvgIpc) is 2.47. The van der Waals surface area contributed by atoms with Gasteiger partial charge in [-0.15, -0.1) is 0 Å². The largest absolute Gasteiger partial charge is 0.480 e. The molecule has 0 fully saturated rings. The van der Waals surface area contributed by atoms with E-state index < -0.39 is 18.0 Å². The van der Waals surface area contributed by atoms with Crippen molar-refractivity contribution in [2.24, 2.45) is 10.9 Å². The van der Waals surface area contributed by atoms with E-state index in [1.165, 1.54) is 0 Å². The van der Waals surface area contributed by atoms with Crippen LogP contribution in [-0.2, 0) is 14.4 Å². The summed E-state index contributed by atoms with van der Waals surface area (Å²) in [6, 6.07) is -0.904. The molecule has 1 rings (SSSR count). The van der Waals surface area contributed by atoms with E-state index in [0.717, 1.165) is 0 Å². The van der Waals surface area contributed by atoms with Crippen molar-refractivity contribution in [3.05, 3.63) is 0 Å². The maximum atomic E-state index is 10.5. The molecule has 6 nitrogen and oxygen atoms in total. The molecule has 0 aromatic rings. The van der Waals surface area contributed by atoms with Crippen molar-refractivity contribution in [3.63, 3.8) is 0 Å². The summed E-state index contributed by atoms with van der Waals surface area (Å²) >= 11 is 0. The molecule has 13 heavy (non-hydrogen) atoms. The van der Waals surface area contributed by atoms with Gasteiger partial charge in [0.1, 0.15) is 6.04 Å². The standard InChI is InChI=1S/C7H10N2O4/c8-5(7(11)12)2-1-4-3-6(10)13-9-4/h5H,1-3,8H2,(H,11,12). The summed E-state index contributed by atoms with van der Waals surface area (Å²) in [4.78, 5) is 25.2. The Hall–Kier alpha value is -1.43. The first kappa shape index (κ1) is 9.66. The fourth-order valence-corrected chi connectivity index (χ4v) is 0.926. The van der Waals surface area contributed by atoms with Gasteiger partial charge in [0, 0.05) is 0 Å². The van der Waals surface area contributed by atoms with Crippen LogP contribution in [0.1, 0.15) is 19.3 Å². The van der Waals surface area contributed by atoms with Crippen molar-refractivity contribution in [2.45, 2.75) is 25.3 Å². The molecule has 1 atom stereocenters. The molecule has 0 bridgehead atoms. The van der Waals surface area contributed by atoms with E-state index in [1.807, 2.05) is 0 Å². The number of nitrogens with zero attached hydrogens (tertiary/aromatic N) is 1. The molecule has 0 aromatic heterocycles. The van der Waals surface area contributed by atoms with Gasteiger partial charge in [0.25, 0.3) is 0 Å². The topological polar surface area (TPSA) is 102 Å². The van der Waals surface area contributed by atoms with E-state index in [1.54, 1.807) is 0 Å². The number of hydrogen-bond donors (Lipinski definition) is 2. The van der Waals surface area contributed by atoms with E-state index in [4.69, 9.17) is 10.8 Å². The molecule has 0 aliphatic carbocycles. The van der Waals surface area contributed by atoms with Crippen LogP contribution < -0.4 is 5.73 Å². The van der Waals surface area contributed by atoms with Crippen molar-refractivity contribution in [2.75, 3.05) is 0 Å². The highest BCUT2D eigenvalue weighted by atomic mass is 16.7. The highest BCUT2D eigenvalue weighted by molar-refractivity contribution is 6.01. The summed E-state index contributed by atoms with van der Waals surface area (Å²) < 4.78 is 0. The van der Waals surface area contributed by atoms with Crippen molar-refractivity contribution < 1.29 is 19.5 Å². The molecule has 3 N–H and O–H groups in total. The van der Waals surface area contributed by atoms with Crippen molar-refractivity contribution in [1.82, 2.24) is 0 Å². The summed E-state index contributed by atoms with van der Waals surface area (Å²) in [7, 11) is 0. The van der Waals surface area contributed by atoms with Gasteiger partial charge in [0.15, 0.2) is 0 Å². The van der Waals surface area contributed by atoms with E-state index in [-0.39, 0.29) is 12.8 Å². The minimum absolute atomic E-state index is 0.145. The van der Waals surface area contributed by atoms with Crippen LogP contribution in [-0.4, -0.2) is 28.8 Å². The molecule has 1 aliphatic heterocycles. The average molecular weight is 186 g/mol. The van der Waals surface area contributed by atoms with Crippen LogP contribution in [0.2, 0.25) is 0 Å². The van der Waals surface area contributed by atoms with Crippen LogP contribution in [0.25, 0.3) is 0 Å². The fraction of sp³-hybridized carbons (Fsp3) is 0.571. The molecule has 0 spiro atoms. The minimum atomic E-state index is -1.05. The quantitative estimate of drug-likeness (QED) is 0.575. The molecule has 0 saturated carbocycles. The minimum Gasteiger partial charge on any atom is -0.480 e. The lowest BCUT2D eigenvalue weighted by Crippen LogP contribution is -2.30. The molecule has 1 unspecified atom stereocenters. The second kappa shape index (κ2) is 3.99. The van der Waals surface area contributed by atoms with Crippen LogP contribution in [0.3, 0.4) is 0 Å². The molecule has 0 aromatic carbocycles. The van der Waals surface area contributed by atoms with Crippen LogP contribution in [0.15, 0.2) is 5.16 Å². The second-order valence-electron chi connectivity index (χ2n) is 2.78. The van der Waals surface area contributed by atoms with Crippen molar-refractivity contribution >= 4 is 17.7 Å².